The third-order valence-corrected chi connectivity index (χ3v) is 3.57. The Kier molecular flexibility index (Phi) is 3.41. The van der Waals surface area contributed by atoms with Crippen molar-refractivity contribution in [1.29, 1.82) is 0 Å². The Labute approximate surface area is 89.0 Å². The van der Waals surface area contributed by atoms with E-state index in [1.54, 1.807) is 0 Å². The van der Waals surface area contributed by atoms with E-state index < -0.39 is 0 Å². The molecule has 82 valence electrons. The van der Waals surface area contributed by atoms with E-state index in [2.05, 4.69) is 39.6 Å². The lowest BCUT2D eigenvalue weighted by Crippen LogP contribution is -2.28. The van der Waals surface area contributed by atoms with Gasteiger partial charge in [-0.05, 0) is 43.2 Å². The molecule has 1 heterocycles. The topological polar surface area (TPSA) is 12.0 Å². The highest BCUT2D eigenvalue weighted by Crippen LogP contribution is 2.44. The summed E-state index contributed by atoms with van der Waals surface area (Å²) in [7, 11) is 0. The molecule has 0 saturated carbocycles. The predicted octanol–water partition coefficient (Wildman–Crippen LogP) is 3.37. The molecule has 1 unspecified atom stereocenters. The summed E-state index contributed by atoms with van der Waals surface area (Å²) in [6.07, 6.45) is 3.81. The highest BCUT2D eigenvalue weighted by molar-refractivity contribution is 5.16. The van der Waals surface area contributed by atoms with Gasteiger partial charge in [0, 0.05) is 0 Å². The zero-order chi connectivity index (χ0) is 10.8. The van der Waals surface area contributed by atoms with Crippen LogP contribution in [0.4, 0.5) is 0 Å². The van der Waals surface area contributed by atoms with E-state index in [0.29, 0.717) is 5.41 Å². The van der Waals surface area contributed by atoms with Gasteiger partial charge in [0.1, 0.15) is 0 Å². The van der Waals surface area contributed by atoms with E-state index in [9.17, 15) is 0 Å². The number of rotatable bonds is 1. The van der Waals surface area contributed by atoms with Gasteiger partial charge in [0.15, 0.2) is 0 Å². The molecule has 1 saturated heterocycles. The molecule has 1 fully saturated rings. The van der Waals surface area contributed by atoms with E-state index in [-0.39, 0.29) is 5.41 Å². The molecule has 1 aliphatic heterocycles. The van der Waals surface area contributed by atoms with Crippen molar-refractivity contribution in [2.75, 3.05) is 13.1 Å². The standard InChI is InChI=1S/C13H25N/c1-11(12(2,3)4)13(5)7-6-9-14-10-8-13/h14H,1,6-10H2,2-5H3. The van der Waals surface area contributed by atoms with Gasteiger partial charge in [-0.1, -0.05) is 39.8 Å². The average Bonchev–Trinajstić information content (AvgIpc) is 2.28. The molecule has 0 aromatic heterocycles. The van der Waals surface area contributed by atoms with Crippen LogP contribution in [0.5, 0.6) is 0 Å². The van der Waals surface area contributed by atoms with E-state index in [1.165, 1.54) is 31.4 Å². The molecule has 0 spiro atoms. The van der Waals surface area contributed by atoms with Crippen molar-refractivity contribution >= 4 is 0 Å². The fourth-order valence-corrected chi connectivity index (χ4v) is 2.42. The van der Waals surface area contributed by atoms with E-state index >= 15 is 0 Å². The van der Waals surface area contributed by atoms with Gasteiger partial charge in [-0.3, -0.25) is 0 Å². The van der Waals surface area contributed by atoms with Gasteiger partial charge in [0.25, 0.3) is 0 Å². The normalized spacial score (nSPS) is 29.7. The van der Waals surface area contributed by atoms with Crippen LogP contribution in [0.15, 0.2) is 12.2 Å². The van der Waals surface area contributed by atoms with Crippen LogP contribution in [0.2, 0.25) is 0 Å². The van der Waals surface area contributed by atoms with Crippen molar-refractivity contribution in [3.8, 4) is 0 Å². The smallest absolute Gasteiger partial charge is 0.00406 e. The summed E-state index contributed by atoms with van der Waals surface area (Å²) in [5.74, 6) is 0. The third kappa shape index (κ3) is 2.60. The molecule has 0 amide bonds. The maximum atomic E-state index is 4.34. The lowest BCUT2D eigenvalue weighted by Gasteiger charge is -2.38. The summed E-state index contributed by atoms with van der Waals surface area (Å²) in [5.41, 5.74) is 2.02. The second-order valence-electron chi connectivity index (χ2n) is 5.89. The van der Waals surface area contributed by atoms with Gasteiger partial charge in [-0.2, -0.15) is 0 Å². The van der Waals surface area contributed by atoms with Crippen LogP contribution in [-0.4, -0.2) is 13.1 Å². The fraction of sp³-hybridized carbons (Fsp3) is 0.846. The molecule has 0 radical (unpaired) electrons. The third-order valence-electron chi connectivity index (χ3n) is 3.57. The summed E-state index contributed by atoms with van der Waals surface area (Å²) < 4.78 is 0. The van der Waals surface area contributed by atoms with Crippen LogP contribution in [0.1, 0.15) is 47.0 Å². The summed E-state index contributed by atoms with van der Waals surface area (Å²) in [5, 5.41) is 3.47. The second-order valence-corrected chi connectivity index (χ2v) is 5.89. The number of hydrogen-bond acceptors (Lipinski definition) is 1. The average molecular weight is 195 g/mol. The maximum absolute atomic E-state index is 4.34. The van der Waals surface area contributed by atoms with Crippen LogP contribution in [0.3, 0.4) is 0 Å². The predicted molar refractivity (Wildman–Crippen MR) is 63.4 cm³/mol. The monoisotopic (exact) mass is 195 g/mol. The van der Waals surface area contributed by atoms with Gasteiger partial charge in [-0.25, -0.2) is 0 Å². The van der Waals surface area contributed by atoms with Gasteiger partial charge in [0.05, 0.1) is 0 Å². The number of allylic oxidation sites excluding steroid dienone is 1. The first-order valence-corrected chi connectivity index (χ1v) is 5.77. The Morgan fingerprint density at radius 2 is 1.86 bits per heavy atom. The van der Waals surface area contributed by atoms with Crippen LogP contribution in [0, 0.1) is 10.8 Å². The maximum Gasteiger partial charge on any atom is -0.00406 e. The first-order valence-electron chi connectivity index (χ1n) is 5.77. The Morgan fingerprint density at radius 3 is 2.43 bits per heavy atom. The molecule has 0 aromatic rings. The fourth-order valence-electron chi connectivity index (χ4n) is 2.42. The lowest BCUT2D eigenvalue weighted by molar-refractivity contribution is 0.282. The highest BCUT2D eigenvalue weighted by atomic mass is 14.9. The van der Waals surface area contributed by atoms with Gasteiger partial charge < -0.3 is 5.32 Å². The lowest BCUT2D eigenvalue weighted by atomic mass is 9.67. The molecule has 1 N–H and O–H groups in total. The number of hydrogen-bond donors (Lipinski definition) is 1. The van der Waals surface area contributed by atoms with E-state index in [1.807, 2.05) is 0 Å². The van der Waals surface area contributed by atoms with Gasteiger partial charge >= 0.3 is 0 Å². The van der Waals surface area contributed by atoms with E-state index in [4.69, 9.17) is 0 Å². The summed E-state index contributed by atoms with van der Waals surface area (Å²) in [6, 6.07) is 0. The Balaban J connectivity index is 2.76. The Hall–Kier alpha value is -0.300. The Morgan fingerprint density at radius 1 is 1.21 bits per heavy atom. The quantitative estimate of drug-likeness (QED) is 0.633. The zero-order valence-corrected chi connectivity index (χ0v) is 10.2. The highest BCUT2D eigenvalue weighted by Gasteiger charge is 2.34. The molecule has 1 aliphatic rings. The molecular formula is C13H25N. The minimum Gasteiger partial charge on any atom is -0.317 e. The summed E-state index contributed by atoms with van der Waals surface area (Å²) >= 11 is 0. The molecule has 0 aromatic carbocycles. The largest absolute Gasteiger partial charge is 0.317 e. The van der Waals surface area contributed by atoms with Crippen molar-refractivity contribution in [3.63, 3.8) is 0 Å². The molecule has 1 atom stereocenters. The molecule has 14 heavy (non-hydrogen) atoms. The van der Waals surface area contributed by atoms with Crippen LogP contribution < -0.4 is 5.32 Å². The minimum absolute atomic E-state index is 0.249. The van der Waals surface area contributed by atoms with Crippen LogP contribution in [0.25, 0.3) is 0 Å². The summed E-state index contributed by atoms with van der Waals surface area (Å²) in [4.78, 5) is 0. The van der Waals surface area contributed by atoms with Crippen molar-refractivity contribution < 1.29 is 0 Å². The summed E-state index contributed by atoms with van der Waals surface area (Å²) in [6.45, 7) is 15.9. The van der Waals surface area contributed by atoms with Crippen LogP contribution in [-0.2, 0) is 0 Å². The SMILES string of the molecule is C=C(C(C)(C)C)C1(C)CCCNCC1. The molecule has 1 nitrogen and oxygen atoms in total. The van der Waals surface area contributed by atoms with Crippen molar-refractivity contribution in [1.82, 2.24) is 5.32 Å². The second kappa shape index (κ2) is 4.06. The van der Waals surface area contributed by atoms with Gasteiger partial charge in [-0.15, -0.1) is 0 Å². The first kappa shape index (κ1) is 11.8. The molecule has 1 heteroatoms. The minimum atomic E-state index is 0.249. The molecule has 1 rings (SSSR count). The molecule has 0 aliphatic carbocycles. The molecule has 0 bridgehead atoms. The van der Waals surface area contributed by atoms with Crippen molar-refractivity contribution in [2.45, 2.75) is 47.0 Å². The van der Waals surface area contributed by atoms with Crippen LogP contribution >= 0.6 is 0 Å². The van der Waals surface area contributed by atoms with Crippen molar-refractivity contribution in [3.05, 3.63) is 12.2 Å². The van der Waals surface area contributed by atoms with Gasteiger partial charge in [0.2, 0.25) is 0 Å². The zero-order valence-electron chi connectivity index (χ0n) is 10.2. The van der Waals surface area contributed by atoms with Crippen molar-refractivity contribution in [2.24, 2.45) is 10.8 Å². The van der Waals surface area contributed by atoms with E-state index in [0.717, 1.165) is 6.54 Å². The Bertz CT molecular complexity index is 202. The molecular weight excluding hydrogens is 170 g/mol. The number of nitrogens with one attached hydrogen (secondary N) is 1. The first-order chi connectivity index (χ1) is 6.36.